The molecule has 5 nitrogen and oxygen atoms in total. The molecule has 0 amide bonds. The molecule has 0 unspecified atom stereocenters. The van der Waals surface area contributed by atoms with E-state index in [-0.39, 0.29) is 11.3 Å². The first kappa shape index (κ1) is 9.97. The van der Waals surface area contributed by atoms with Crippen molar-refractivity contribution < 1.29 is 9.90 Å². The highest BCUT2D eigenvalue weighted by Gasteiger charge is 2.12. The van der Waals surface area contributed by atoms with Gasteiger partial charge in [-0.05, 0) is 28.1 Å². The van der Waals surface area contributed by atoms with Crippen LogP contribution < -0.4 is 5.69 Å². The molecule has 0 saturated heterocycles. The number of aromatic nitrogens is 2. The summed E-state index contributed by atoms with van der Waals surface area (Å²) >= 11 is 3.14. The van der Waals surface area contributed by atoms with Crippen LogP contribution in [0, 0.1) is 0 Å². The number of benzene rings is 1. The van der Waals surface area contributed by atoms with Crippen LogP contribution in [0.3, 0.4) is 0 Å². The third kappa shape index (κ3) is 1.46. The van der Waals surface area contributed by atoms with E-state index in [1.165, 1.54) is 10.6 Å². The smallest absolute Gasteiger partial charge is 0.336 e. The van der Waals surface area contributed by atoms with Crippen LogP contribution >= 0.6 is 15.9 Å². The van der Waals surface area contributed by atoms with Gasteiger partial charge in [-0.2, -0.15) is 0 Å². The number of hydrogen-bond acceptors (Lipinski definition) is 2. The number of fused-ring (bicyclic) bond motifs is 1. The minimum Gasteiger partial charge on any atom is -0.478 e. The third-order valence-corrected chi connectivity index (χ3v) is 2.88. The number of hydrogen-bond donors (Lipinski definition) is 2. The molecule has 0 saturated carbocycles. The Morgan fingerprint density at radius 1 is 1.53 bits per heavy atom. The maximum absolute atomic E-state index is 11.3. The van der Waals surface area contributed by atoms with Crippen molar-refractivity contribution in [3.63, 3.8) is 0 Å². The molecule has 0 aliphatic carbocycles. The van der Waals surface area contributed by atoms with E-state index >= 15 is 0 Å². The van der Waals surface area contributed by atoms with Gasteiger partial charge < -0.3 is 10.1 Å². The molecule has 1 aromatic heterocycles. The Morgan fingerprint density at radius 2 is 2.20 bits per heavy atom. The number of carboxylic acids is 1. The largest absolute Gasteiger partial charge is 0.478 e. The molecular weight excluding hydrogens is 264 g/mol. The molecule has 0 atom stereocenters. The summed E-state index contributed by atoms with van der Waals surface area (Å²) in [6.45, 7) is 0. The fraction of sp³-hybridized carbons (Fsp3) is 0.111. The second-order valence-corrected chi connectivity index (χ2v) is 4.00. The molecule has 1 heterocycles. The lowest BCUT2D eigenvalue weighted by molar-refractivity contribution is 0.0696. The van der Waals surface area contributed by atoms with Gasteiger partial charge in [0, 0.05) is 11.5 Å². The van der Waals surface area contributed by atoms with Crippen molar-refractivity contribution in [2.75, 3.05) is 0 Å². The van der Waals surface area contributed by atoms with Gasteiger partial charge in [0.1, 0.15) is 0 Å². The summed E-state index contributed by atoms with van der Waals surface area (Å²) in [5, 5.41) is 8.90. The summed E-state index contributed by atoms with van der Waals surface area (Å²) in [6.07, 6.45) is 0. The SMILES string of the molecule is Cn1c(=O)[nH]c2cc(Br)c(C(=O)O)cc21. The fourth-order valence-corrected chi connectivity index (χ4v) is 1.92. The quantitative estimate of drug-likeness (QED) is 0.821. The average molecular weight is 271 g/mol. The molecule has 0 aliphatic heterocycles. The molecule has 0 radical (unpaired) electrons. The van der Waals surface area contributed by atoms with Crippen LogP contribution in [0.4, 0.5) is 0 Å². The highest BCUT2D eigenvalue weighted by atomic mass is 79.9. The molecule has 2 aromatic rings. The highest BCUT2D eigenvalue weighted by Crippen LogP contribution is 2.22. The predicted octanol–water partition coefficient (Wildman–Crippen LogP) is 1.33. The lowest BCUT2D eigenvalue weighted by atomic mass is 10.2. The van der Waals surface area contributed by atoms with E-state index in [0.29, 0.717) is 15.5 Å². The lowest BCUT2D eigenvalue weighted by Crippen LogP contribution is -2.11. The standard InChI is InChI=1S/C9H7BrN2O3/c1-12-7-2-4(8(13)14)5(10)3-6(7)11-9(12)15/h2-3H,1H3,(H,11,15)(H,13,14). The molecule has 2 rings (SSSR count). The van der Waals surface area contributed by atoms with Gasteiger partial charge in [-0.25, -0.2) is 9.59 Å². The van der Waals surface area contributed by atoms with Crippen molar-refractivity contribution in [2.24, 2.45) is 7.05 Å². The van der Waals surface area contributed by atoms with Crippen molar-refractivity contribution in [3.8, 4) is 0 Å². The number of carbonyl (C=O) groups is 1. The monoisotopic (exact) mass is 270 g/mol. The number of halogens is 1. The zero-order chi connectivity index (χ0) is 11.2. The van der Waals surface area contributed by atoms with Crippen LogP contribution in [0.25, 0.3) is 11.0 Å². The minimum absolute atomic E-state index is 0.136. The molecule has 0 aliphatic rings. The van der Waals surface area contributed by atoms with Crippen LogP contribution in [0.5, 0.6) is 0 Å². The van der Waals surface area contributed by atoms with E-state index in [4.69, 9.17) is 5.11 Å². The van der Waals surface area contributed by atoms with Crippen LogP contribution in [0.1, 0.15) is 10.4 Å². The summed E-state index contributed by atoms with van der Waals surface area (Å²) in [5.41, 5.74) is 1.05. The van der Waals surface area contributed by atoms with Gasteiger partial charge in [0.15, 0.2) is 0 Å². The van der Waals surface area contributed by atoms with Crippen molar-refractivity contribution in [3.05, 3.63) is 32.7 Å². The number of nitrogens with zero attached hydrogens (tertiary/aromatic N) is 1. The van der Waals surface area contributed by atoms with Crippen LogP contribution in [-0.2, 0) is 7.05 Å². The predicted molar refractivity (Wildman–Crippen MR) is 58.2 cm³/mol. The maximum atomic E-state index is 11.3. The number of aromatic amines is 1. The van der Waals surface area contributed by atoms with Gasteiger partial charge in [0.2, 0.25) is 0 Å². The molecule has 1 aromatic carbocycles. The average Bonchev–Trinajstić information content (AvgIpc) is 2.41. The molecule has 0 bridgehead atoms. The van der Waals surface area contributed by atoms with Crippen molar-refractivity contribution in [2.45, 2.75) is 0 Å². The molecule has 0 fully saturated rings. The number of carboxylic acid groups (broad SMARTS) is 1. The third-order valence-electron chi connectivity index (χ3n) is 2.22. The van der Waals surface area contributed by atoms with Gasteiger partial charge in [-0.3, -0.25) is 4.57 Å². The number of rotatable bonds is 1. The van der Waals surface area contributed by atoms with Crippen LogP contribution in [0.15, 0.2) is 21.4 Å². The van der Waals surface area contributed by atoms with E-state index in [9.17, 15) is 9.59 Å². The molecule has 0 spiro atoms. The minimum atomic E-state index is -1.03. The van der Waals surface area contributed by atoms with Crippen molar-refractivity contribution in [1.82, 2.24) is 9.55 Å². The Bertz CT molecular complexity index is 612. The zero-order valence-electron chi connectivity index (χ0n) is 7.74. The molecule has 2 N–H and O–H groups in total. The molecule has 78 valence electrons. The van der Waals surface area contributed by atoms with E-state index in [1.807, 2.05) is 0 Å². The molecular formula is C9H7BrN2O3. The summed E-state index contributed by atoms with van der Waals surface area (Å²) in [4.78, 5) is 24.7. The van der Waals surface area contributed by atoms with E-state index in [0.717, 1.165) is 0 Å². The van der Waals surface area contributed by atoms with Crippen LogP contribution in [-0.4, -0.2) is 20.6 Å². The molecule has 15 heavy (non-hydrogen) atoms. The number of nitrogens with one attached hydrogen (secondary N) is 1. The number of aryl methyl sites for hydroxylation is 1. The first-order valence-electron chi connectivity index (χ1n) is 4.12. The summed E-state index contributed by atoms with van der Waals surface area (Å²) < 4.78 is 1.82. The first-order chi connectivity index (χ1) is 7.00. The zero-order valence-corrected chi connectivity index (χ0v) is 9.33. The van der Waals surface area contributed by atoms with Gasteiger partial charge >= 0.3 is 11.7 Å². The molecule has 6 heteroatoms. The first-order valence-corrected chi connectivity index (χ1v) is 4.91. The van der Waals surface area contributed by atoms with Crippen molar-refractivity contribution in [1.29, 1.82) is 0 Å². The summed E-state index contributed by atoms with van der Waals surface area (Å²) in [7, 11) is 1.58. The van der Waals surface area contributed by atoms with E-state index < -0.39 is 5.97 Å². The van der Waals surface area contributed by atoms with Gasteiger partial charge in [-0.15, -0.1) is 0 Å². The van der Waals surface area contributed by atoms with Gasteiger partial charge in [-0.1, -0.05) is 0 Å². The Labute approximate surface area is 92.5 Å². The van der Waals surface area contributed by atoms with E-state index in [2.05, 4.69) is 20.9 Å². The summed E-state index contributed by atoms with van der Waals surface area (Å²) in [6, 6.07) is 3.04. The van der Waals surface area contributed by atoms with Crippen molar-refractivity contribution >= 4 is 32.9 Å². The Hall–Kier alpha value is -1.56. The van der Waals surface area contributed by atoms with Gasteiger partial charge in [0.05, 0.1) is 16.6 Å². The number of aromatic carboxylic acids is 1. The second kappa shape index (κ2) is 3.23. The lowest BCUT2D eigenvalue weighted by Gasteiger charge is -2.00. The Kier molecular flexibility index (Phi) is 2.15. The Balaban J connectivity index is 2.89. The Morgan fingerprint density at radius 3 is 2.80 bits per heavy atom. The maximum Gasteiger partial charge on any atom is 0.336 e. The fourth-order valence-electron chi connectivity index (χ4n) is 1.41. The number of imidazole rings is 1. The summed E-state index contributed by atoms with van der Waals surface area (Å²) in [5.74, 6) is -1.03. The normalized spacial score (nSPS) is 10.8. The number of H-pyrrole nitrogens is 1. The van der Waals surface area contributed by atoms with E-state index in [1.54, 1.807) is 13.1 Å². The van der Waals surface area contributed by atoms with Crippen LogP contribution in [0.2, 0.25) is 0 Å². The highest BCUT2D eigenvalue weighted by molar-refractivity contribution is 9.10. The second-order valence-electron chi connectivity index (χ2n) is 3.14. The van der Waals surface area contributed by atoms with Gasteiger partial charge in [0.25, 0.3) is 0 Å². The topological polar surface area (TPSA) is 75.1 Å².